The van der Waals surface area contributed by atoms with Crippen molar-refractivity contribution in [3.63, 3.8) is 0 Å². The second-order valence-corrected chi connectivity index (χ2v) is 13.0. The predicted octanol–water partition coefficient (Wildman–Crippen LogP) is 7.61. The van der Waals surface area contributed by atoms with Crippen LogP contribution in [0.2, 0.25) is 0 Å². The molecule has 0 saturated carbocycles. The van der Waals surface area contributed by atoms with Gasteiger partial charge in [-0.25, -0.2) is 4.98 Å². The Morgan fingerprint density at radius 3 is 1.86 bits per heavy atom. The molecule has 0 radical (unpaired) electrons. The van der Waals surface area contributed by atoms with Crippen molar-refractivity contribution in [2.45, 2.75) is 9.79 Å². The Bertz CT molecular complexity index is 1700. The standard InChI is InChI=1S/C31H24N4S/c1-36(2)27-16-10-9-15-24(27)25-20-26-23(19-28(25)36)17-18-35(26)31-33-29(21-11-5-3-6-12-21)32-30(34-31)22-13-7-4-8-14-22/h3-20H,1-2H3. The zero-order valence-corrected chi connectivity index (χ0v) is 20.9. The molecule has 0 fully saturated rings. The summed E-state index contributed by atoms with van der Waals surface area (Å²) < 4.78 is 2.10. The van der Waals surface area contributed by atoms with Gasteiger partial charge in [0.05, 0.1) is 5.52 Å². The van der Waals surface area contributed by atoms with E-state index in [2.05, 4.69) is 65.7 Å². The first-order chi connectivity index (χ1) is 17.6. The third kappa shape index (κ3) is 3.20. The van der Waals surface area contributed by atoms with Crippen LogP contribution in [0.25, 0.3) is 50.8 Å². The summed E-state index contributed by atoms with van der Waals surface area (Å²) in [5.41, 5.74) is 5.70. The minimum absolute atomic E-state index is 0.621. The van der Waals surface area contributed by atoms with E-state index >= 15 is 0 Å². The third-order valence-corrected chi connectivity index (χ3v) is 9.86. The smallest absolute Gasteiger partial charge is 0.238 e. The van der Waals surface area contributed by atoms with Crippen LogP contribution in [-0.4, -0.2) is 32.0 Å². The van der Waals surface area contributed by atoms with E-state index < -0.39 is 10.0 Å². The molecule has 2 aromatic heterocycles. The molecule has 1 aliphatic rings. The lowest BCUT2D eigenvalue weighted by molar-refractivity contribution is 0.933. The van der Waals surface area contributed by atoms with Crippen LogP contribution in [0.4, 0.5) is 0 Å². The largest absolute Gasteiger partial charge is 0.285 e. The maximum Gasteiger partial charge on any atom is 0.238 e. The number of rotatable bonds is 3. The lowest BCUT2D eigenvalue weighted by Crippen LogP contribution is -2.05. The molecule has 4 aromatic carbocycles. The van der Waals surface area contributed by atoms with E-state index in [1.165, 1.54) is 26.3 Å². The molecule has 0 aliphatic carbocycles. The van der Waals surface area contributed by atoms with Gasteiger partial charge in [-0.2, -0.15) is 20.0 Å². The first-order valence-electron chi connectivity index (χ1n) is 11.9. The highest BCUT2D eigenvalue weighted by Crippen LogP contribution is 2.67. The van der Waals surface area contributed by atoms with Crippen molar-refractivity contribution in [3.05, 3.63) is 109 Å². The molecule has 0 unspecified atom stereocenters. The SMILES string of the molecule is CS1(C)c2ccccc2-c2cc3c(ccn3-c3nc(-c4ccccc4)nc(-c4ccccc4)n3)cc21. The molecule has 6 aromatic rings. The van der Waals surface area contributed by atoms with Crippen molar-refractivity contribution in [1.82, 2.24) is 19.5 Å². The van der Waals surface area contributed by atoms with Gasteiger partial charge in [-0.3, -0.25) is 4.57 Å². The Morgan fingerprint density at radius 1 is 0.583 bits per heavy atom. The van der Waals surface area contributed by atoms with Crippen LogP contribution in [0.15, 0.2) is 119 Å². The number of benzene rings is 4. The van der Waals surface area contributed by atoms with Gasteiger partial charge in [-0.05, 0) is 47.9 Å². The molecule has 0 amide bonds. The first kappa shape index (κ1) is 21.1. The molecule has 0 N–H and O–H groups in total. The number of nitrogens with zero attached hydrogens (tertiary/aromatic N) is 4. The van der Waals surface area contributed by atoms with Crippen molar-refractivity contribution in [3.8, 4) is 39.9 Å². The number of hydrogen-bond donors (Lipinski definition) is 0. The Kier molecular flexibility index (Phi) is 4.63. The average Bonchev–Trinajstić information content (AvgIpc) is 3.45. The van der Waals surface area contributed by atoms with Gasteiger partial charge in [0.25, 0.3) is 0 Å². The topological polar surface area (TPSA) is 43.6 Å². The molecule has 0 atom stereocenters. The summed E-state index contributed by atoms with van der Waals surface area (Å²) in [6.45, 7) is 0. The number of hydrogen-bond acceptors (Lipinski definition) is 3. The van der Waals surface area contributed by atoms with Gasteiger partial charge in [-0.15, -0.1) is 0 Å². The number of aromatic nitrogens is 4. The van der Waals surface area contributed by atoms with E-state index in [0.29, 0.717) is 17.6 Å². The fourth-order valence-electron chi connectivity index (χ4n) is 5.13. The zero-order valence-electron chi connectivity index (χ0n) is 20.1. The normalized spacial score (nSPS) is 14.4. The fourth-order valence-corrected chi connectivity index (χ4v) is 7.65. The minimum atomic E-state index is -1.05. The average molecular weight is 485 g/mol. The summed E-state index contributed by atoms with van der Waals surface area (Å²) in [7, 11) is -1.05. The van der Waals surface area contributed by atoms with Crippen LogP contribution in [0.1, 0.15) is 0 Å². The Labute approximate surface area is 211 Å². The van der Waals surface area contributed by atoms with Crippen molar-refractivity contribution >= 4 is 20.9 Å². The molecule has 0 spiro atoms. The van der Waals surface area contributed by atoms with Gasteiger partial charge >= 0.3 is 0 Å². The van der Waals surface area contributed by atoms with Gasteiger partial charge in [0.15, 0.2) is 11.6 Å². The zero-order chi connectivity index (χ0) is 24.3. The van der Waals surface area contributed by atoms with E-state index in [9.17, 15) is 0 Å². The van der Waals surface area contributed by atoms with E-state index in [-0.39, 0.29) is 0 Å². The first-order valence-corrected chi connectivity index (χ1v) is 14.4. The van der Waals surface area contributed by atoms with Crippen LogP contribution in [-0.2, 0) is 0 Å². The quantitative estimate of drug-likeness (QED) is 0.260. The predicted molar refractivity (Wildman–Crippen MR) is 149 cm³/mol. The molecule has 0 bridgehead atoms. The highest BCUT2D eigenvalue weighted by molar-refractivity contribution is 8.33. The molecule has 5 heteroatoms. The van der Waals surface area contributed by atoms with Crippen LogP contribution in [0.3, 0.4) is 0 Å². The second kappa shape index (κ2) is 7.90. The van der Waals surface area contributed by atoms with Gasteiger partial charge in [0.1, 0.15) is 0 Å². The van der Waals surface area contributed by atoms with Gasteiger partial charge in [0.2, 0.25) is 5.95 Å². The molecule has 4 nitrogen and oxygen atoms in total. The summed E-state index contributed by atoms with van der Waals surface area (Å²) in [6.07, 6.45) is 6.86. The Morgan fingerprint density at radius 2 is 1.19 bits per heavy atom. The minimum Gasteiger partial charge on any atom is -0.285 e. The third-order valence-electron chi connectivity index (χ3n) is 6.97. The fraction of sp³-hybridized carbons (Fsp3) is 0.0645. The number of fused-ring (bicyclic) bond motifs is 4. The van der Waals surface area contributed by atoms with E-state index in [4.69, 9.17) is 15.0 Å². The molecule has 36 heavy (non-hydrogen) atoms. The molecular weight excluding hydrogens is 460 g/mol. The van der Waals surface area contributed by atoms with Crippen molar-refractivity contribution < 1.29 is 0 Å². The summed E-state index contributed by atoms with van der Waals surface area (Å²) in [6, 6.07) is 35.9. The van der Waals surface area contributed by atoms with Crippen LogP contribution >= 0.6 is 10.0 Å². The van der Waals surface area contributed by atoms with Crippen molar-refractivity contribution in [2.24, 2.45) is 0 Å². The van der Waals surface area contributed by atoms with Gasteiger partial charge in [-0.1, -0.05) is 78.9 Å². The molecule has 7 rings (SSSR count). The second-order valence-electron chi connectivity index (χ2n) is 9.43. The maximum atomic E-state index is 4.93. The lowest BCUT2D eigenvalue weighted by atomic mass is 10.0. The van der Waals surface area contributed by atoms with Crippen LogP contribution in [0, 0.1) is 0 Å². The summed E-state index contributed by atoms with van der Waals surface area (Å²) in [5, 5.41) is 1.20. The van der Waals surface area contributed by atoms with Crippen molar-refractivity contribution in [2.75, 3.05) is 12.5 Å². The monoisotopic (exact) mass is 484 g/mol. The Hall–Kier alpha value is -4.22. The maximum absolute atomic E-state index is 4.93. The molecule has 174 valence electrons. The van der Waals surface area contributed by atoms with Crippen LogP contribution < -0.4 is 0 Å². The Balaban J connectivity index is 1.46. The molecule has 0 saturated heterocycles. The molecule has 3 heterocycles. The highest BCUT2D eigenvalue weighted by atomic mass is 32.3. The molecule has 1 aliphatic heterocycles. The summed E-state index contributed by atoms with van der Waals surface area (Å²) >= 11 is 0. The van der Waals surface area contributed by atoms with E-state index in [1.807, 2.05) is 60.7 Å². The van der Waals surface area contributed by atoms with Gasteiger partial charge < -0.3 is 0 Å². The summed E-state index contributed by atoms with van der Waals surface area (Å²) in [5.74, 6) is 1.95. The van der Waals surface area contributed by atoms with Crippen molar-refractivity contribution in [1.29, 1.82) is 0 Å². The highest BCUT2D eigenvalue weighted by Gasteiger charge is 2.32. The summed E-state index contributed by atoms with van der Waals surface area (Å²) in [4.78, 5) is 17.6. The van der Waals surface area contributed by atoms with E-state index in [1.54, 1.807) is 0 Å². The molecular formula is C31H24N4S. The van der Waals surface area contributed by atoms with Gasteiger partial charge in [0, 0.05) is 32.5 Å². The van der Waals surface area contributed by atoms with E-state index in [0.717, 1.165) is 16.6 Å². The van der Waals surface area contributed by atoms with Crippen LogP contribution in [0.5, 0.6) is 0 Å². The lowest BCUT2D eigenvalue weighted by Gasteiger charge is -2.28.